The van der Waals surface area contributed by atoms with E-state index >= 15 is 0 Å². The van der Waals surface area contributed by atoms with Crippen LogP contribution in [-0.4, -0.2) is 11.2 Å². The first-order valence-corrected chi connectivity index (χ1v) is 12.9. The molecule has 0 amide bonds. The quantitative estimate of drug-likeness (QED) is 0.235. The van der Waals surface area contributed by atoms with Gasteiger partial charge >= 0.3 is 0 Å². The molecule has 31 heavy (non-hydrogen) atoms. The molecule has 1 unspecified atom stereocenters. The first-order chi connectivity index (χ1) is 15.3. The van der Waals surface area contributed by atoms with Crippen LogP contribution in [0.15, 0.2) is 54.6 Å². The molecule has 0 heterocycles. The average molecular weight is 424 g/mol. The van der Waals surface area contributed by atoms with Crippen LogP contribution >= 0.6 is 0 Å². The second kappa shape index (κ2) is 16.8. The van der Waals surface area contributed by atoms with Crippen LogP contribution in [0.25, 0.3) is 0 Å². The normalized spacial score (nSPS) is 12.1. The Hall–Kier alpha value is -1.80. The summed E-state index contributed by atoms with van der Waals surface area (Å²) in [4.78, 5) is 0. The Bertz CT molecular complexity index is 652. The molecule has 0 fully saturated rings. The van der Waals surface area contributed by atoms with Gasteiger partial charge in [-0.1, -0.05) is 108 Å². The van der Waals surface area contributed by atoms with Crippen LogP contribution in [0.2, 0.25) is 0 Å². The lowest BCUT2D eigenvalue weighted by atomic mass is 10.0. The maximum atomic E-state index is 10.2. The van der Waals surface area contributed by atoms with E-state index in [9.17, 15) is 5.11 Å². The van der Waals surface area contributed by atoms with Gasteiger partial charge in [-0.05, 0) is 55.5 Å². The van der Waals surface area contributed by atoms with Crippen molar-refractivity contribution in [3.8, 4) is 0 Å². The van der Waals surface area contributed by atoms with E-state index in [1.54, 1.807) is 0 Å². The second-order valence-corrected chi connectivity index (χ2v) is 9.06. The average Bonchev–Trinajstić information content (AvgIpc) is 2.79. The van der Waals surface area contributed by atoms with Crippen molar-refractivity contribution in [3.63, 3.8) is 0 Å². The van der Waals surface area contributed by atoms with Crippen molar-refractivity contribution in [1.29, 1.82) is 0 Å². The number of nitrogens with one attached hydrogen (secondary N) is 1. The molecule has 0 spiro atoms. The third-order valence-electron chi connectivity index (χ3n) is 6.16. The largest absolute Gasteiger partial charge is 0.393 e. The van der Waals surface area contributed by atoms with Gasteiger partial charge in [-0.2, -0.15) is 0 Å². The van der Waals surface area contributed by atoms with E-state index in [1.165, 1.54) is 82.6 Å². The summed E-state index contributed by atoms with van der Waals surface area (Å²) in [6.45, 7) is 2.26. The van der Waals surface area contributed by atoms with Gasteiger partial charge in [-0.3, -0.25) is 0 Å². The zero-order chi connectivity index (χ0) is 22.0. The van der Waals surface area contributed by atoms with Crippen LogP contribution < -0.4 is 5.32 Å². The monoisotopic (exact) mass is 423 g/mol. The van der Waals surface area contributed by atoms with E-state index in [1.807, 2.05) is 18.2 Å². The van der Waals surface area contributed by atoms with E-state index in [0.717, 1.165) is 30.6 Å². The fourth-order valence-electron chi connectivity index (χ4n) is 4.16. The minimum atomic E-state index is -0.0707. The van der Waals surface area contributed by atoms with Crippen molar-refractivity contribution >= 4 is 11.4 Å². The summed E-state index contributed by atoms with van der Waals surface area (Å²) in [5.74, 6) is 0. The van der Waals surface area contributed by atoms with Gasteiger partial charge in [0.1, 0.15) is 0 Å². The number of anilines is 2. The number of benzene rings is 2. The summed E-state index contributed by atoms with van der Waals surface area (Å²) < 4.78 is 0. The molecule has 2 N–H and O–H groups in total. The summed E-state index contributed by atoms with van der Waals surface area (Å²) >= 11 is 0. The van der Waals surface area contributed by atoms with Gasteiger partial charge in [0.15, 0.2) is 0 Å². The van der Waals surface area contributed by atoms with Crippen molar-refractivity contribution in [2.75, 3.05) is 5.32 Å². The first-order valence-electron chi connectivity index (χ1n) is 12.9. The molecule has 2 aromatic rings. The number of aryl methyl sites for hydroxylation is 1. The predicted octanol–water partition coefficient (Wildman–Crippen LogP) is 8.81. The minimum absolute atomic E-state index is 0.0707. The molecule has 2 rings (SSSR count). The molecule has 2 heteroatoms. The number of rotatable bonds is 18. The Morgan fingerprint density at radius 2 is 1.13 bits per heavy atom. The molecule has 0 aliphatic carbocycles. The lowest BCUT2D eigenvalue weighted by Gasteiger charge is -2.10. The summed E-state index contributed by atoms with van der Waals surface area (Å²) in [5, 5.41) is 13.6. The summed E-state index contributed by atoms with van der Waals surface area (Å²) in [5.41, 5.74) is 3.69. The second-order valence-electron chi connectivity index (χ2n) is 9.06. The molecule has 0 aliphatic heterocycles. The van der Waals surface area contributed by atoms with Crippen molar-refractivity contribution in [2.24, 2.45) is 0 Å². The zero-order valence-electron chi connectivity index (χ0n) is 19.8. The lowest BCUT2D eigenvalue weighted by molar-refractivity contribution is 0.147. The lowest BCUT2D eigenvalue weighted by Crippen LogP contribution is -2.05. The van der Waals surface area contributed by atoms with Gasteiger partial charge in [-0.15, -0.1) is 0 Å². The van der Waals surface area contributed by atoms with Gasteiger partial charge < -0.3 is 10.4 Å². The van der Waals surface area contributed by atoms with Gasteiger partial charge in [0, 0.05) is 11.4 Å². The Labute approximate surface area is 191 Å². The third-order valence-corrected chi connectivity index (χ3v) is 6.16. The number of aliphatic hydroxyl groups excluding tert-OH is 1. The molecule has 1 atom stereocenters. The van der Waals surface area contributed by atoms with Crippen LogP contribution in [0.4, 0.5) is 11.4 Å². The van der Waals surface area contributed by atoms with E-state index in [2.05, 4.69) is 48.6 Å². The Morgan fingerprint density at radius 3 is 1.74 bits per heavy atom. The number of unbranched alkanes of at least 4 members (excludes halogenated alkanes) is 10. The maximum Gasteiger partial charge on any atom is 0.0540 e. The third kappa shape index (κ3) is 12.6. The van der Waals surface area contributed by atoms with Crippen LogP contribution in [0.5, 0.6) is 0 Å². The number of hydrogen-bond acceptors (Lipinski definition) is 2. The fraction of sp³-hybridized carbons (Fsp3) is 0.586. The summed E-state index contributed by atoms with van der Waals surface area (Å²) in [6.07, 6.45) is 18.7. The smallest absolute Gasteiger partial charge is 0.0540 e. The molecule has 172 valence electrons. The highest BCUT2D eigenvalue weighted by Gasteiger charge is 2.04. The molecular weight excluding hydrogens is 378 g/mol. The van der Waals surface area contributed by atoms with Crippen molar-refractivity contribution in [3.05, 3.63) is 60.2 Å². The van der Waals surface area contributed by atoms with E-state index < -0.39 is 0 Å². The number of aliphatic hydroxyl groups is 1. The zero-order valence-corrected chi connectivity index (χ0v) is 19.8. The van der Waals surface area contributed by atoms with Crippen LogP contribution in [0.3, 0.4) is 0 Å². The molecule has 2 nitrogen and oxygen atoms in total. The Balaban J connectivity index is 1.43. The maximum absolute atomic E-state index is 10.2. The molecule has 0 aromatic heterocycles. The Morgan fingerprint density at radius 1 is 0.613 bits per heavy atom. The summed E-state index contributed by atoms with van der Waals surface area (Å²) in [6, 6.07) is 19.1. The SMILES string of the molecule is CCCCCCCCCC(O)CCCCCCCc1ccc(Nc2ccccc2)cc1. The molecule has 0 saturated heterocycles. The van der Waals surface area contributed by atoms with Crippen LogP contribution in [-0.2, 0) is 6.42 Å². The minimum Gasteiger partial charge on any atom is -0.393 e. The standard InChI is InChI=1S/C29H45NO/c1-2-3-4-5-6-9-15-20-29(31)21-16-10-7-8-12-17-26-22-24-28(25-23-26)30-27-18-13-11-14-19-27/h11,13-14,18-19,22-25,29-31H,2-10,12,15-17,20-21H2,1H3. The highest BCUT2D eigenvalue weighted by atomic mass is 16.3. The van der Waals surface area contributed by atoms with Crippen molar-refractivity contribution < 1.29 is 5.11 Å². The fourth-order valence-corrected chi connectivity index (χ4v) is 4.16. The first kappa shape index (κ1) is 25.5. The number of hydrogen-bond donors (Lipinski definition) is 2. The number of para-hydroxylation sites is 1. The summed E-state index contributed by atoms with van der Waals surface area (Å²) in [7, 11) is 0. The molecular formula is C29H45NO. The van der Waals surface area contributed by atoms with Crippen molar-refractivity contribution in [1.82, 2.24) is 0 Å². The van der Waals surface area contributed by atoms with E-state index in [0.29, 0.717) is 0 Å². The van der Waals surface area contributed by atoms with Crippen LogP contribution in [0, 0.1) is 0 Å². The Kier molecular flexibility index (Phi) is 13.8. The van der Waals surface area contributed by atoms with Gasteiger partial charge in [-0.25, -0.2) is 0 Å². The van der Waals surface area contributed by atoms with Gasteiger partial charge in [0.05, 0.1) is 6.10 Å². The molecule has 0 aliphatic rings. The predicted molar refractivity (Wildman–Crippen MR) is 136 cm³/mol. The molecule has 0 bridgehead atoms. The van der Waals surface area contributed by atoms with Crippen molar-refractivity contribution in [2.45, 2.75) is 109 Å². The van der Waals surface area contributed by atoms with E-state index in [4.69, 9.17) is 0 Å². The highest BCUT2D eigenvalue weighted by Crippen LogP contribution is 2.18. The topological polar surface area (TPSA) is 32.3 Å². The molecule has 2 aromatic carbocycles. The highest BCUT2D eigenvalue weighted by molar-refractivity contribution is 5.59. The van der Waals surface area contributed by atoms with Gasteiger partial charge in [0.25, 0.3) is 0 Å². The van der Waals surface area contributed by atoms with Gasteiger partial charge in [0.2, 0.25) is 0 Å². The molecule has 0 saturated carbocycles. The molecule has 0 radical (unpaired) electrons. The van der Waals surface area contributed by atoms with E-state index in [-0.39, 0.29) is 6.10 Å². The van der Waals surface area contributed by atoms with Crippen LogP contribution in [0.1, 0.15) is 102 Å².